The number of benzene rings is 2. The summed E-state index contributed by atoms with van der Waals surface area (Å²) in [5, 5.41) is 6.90. The third-order valence-corrected chi connectivity index (χ3v) is 6.87. The maximum atomic E-state index is 3.45. The van der Waals surface area contributed by atoms with Gasteiger partial charge in [-0.2, -0.15) is 0 Å². The standard InChI is InChI=1S/2C13H15N.CH4/c2*1-2-4-10(5-3-1)11-6-12-8-14-9-13(12)7-11;/h2*1-6,12-14H,7-9H2;1H4/t2*12-,13+;/m10./s1. The largest absolute Gasteiger partial charge is 0.316 e. The number of hydrogen-bond acceptors (Lipinski definition) is 2. The van der Waals surface area contributed by atoms with Crippen LogP contribution in [0.2, 0.25) is 0 Å². The number of rotatable bonds is 2. The monoisotopic (exact) mass is 386 g/mol. The van der Waals surface area contributed by atoms with Crippen LogP contribution in [0, 0.1) is 23.7 Å². The molecule has 2 heteroatoms. The molecular weight excluding hydrogens is 352 g/mol. The molecule has 2 heterocycles. The Morgan fingerprint density at radius 3 is 1.34 bits per heavy atom. The molecule has 0 aromatic heterocycles. The minimum Gasteiger partial charge on any atom is -0.316 e. The van der Waals surface area contributed by atoms with E-state index in [4.69, 9.17) is 0 Å². The van der Waals surface area contributed by atoms with Gasteiger partial charge in [-0.1, -0.05) is 80.2 Å². The first kappa shape index (κ1) is 20.1. The number of fused-ring (bicyclic) bond motifs is 2. The first-order valence-electron chi connectivity index (χ1n) is 10.8. The SMILES string of the molecule is C.C1=C(c2ccccc2)C[C@@H]2CNC[C@H]12.C1=C(c2ccccc2)C[C@H]2CNC[C@@H]12. The molecule has 6 rings (SSSR count). The number of hydrogen-bond donors (Lipinski definition) is 2. The number of allylic oxidation sites excluding steroid dienone is 2. The van der Waals surface area contributed by atoms with Gasteiger partial charge >= 0.3 is 0 Å². The topological polar surface area (TPSA) is 24.1 Å². The normalized spacial score (nSPS) is 29.1. The molecule has 2 fully saturated rings. The van der Waals surface area contributed by atoms with Crippen LogP contribution in [0.25, 0.3) is 11.1 Å². The summed E-state index contributed by atoms with van der Waals surface area (Å²) in [6.45, 7) is 4.77. The van der Waals surface area contributed by atoms with E-state index in [2.05, 4.69) is 83.4 Å². The van der Waals surface area contributed by atoms with Gasteiger partial charge in [-0.05, 0) is 71.9 Å². The molecule has 2 aliphatic heterocycles. The summed E-state index contributed by atoms with van der Waals surface area (Å²) in [5.41, 5.74) is 5.95. The van der Waals surface area contributed by atoms with Crippen LogP contribution >= 0.6 is 0 Å². The Kier molecular flexibility index (Phi) is 6.32. The van der Waals surface area contributed by atoms with Crippen LogP contribution in [-0.4, -0.2) is 26.2 Å². The van der Waals surface area contributed by atoms with Gasteiger partial charge < -0.3 is 10.6 Å². The summed E-state index contributed by atoms with van der Waals surface area (Å²) in [5.74, 6) is 3.32. The predicted molar refractivity (Wildman–Crippen MR) is 125 cm³/mol. The Hall–Kier alpha value is -2.16. The Labute approximate surface area is 176 Å². The van der Waals surface area contributed by atoms with Crippen molar-refractivity contribution in [3.8, 4) is 0 Å². The minimum absolute atomic E-state index is 0. The first-order chi connectivity index (χ1) is 13.9. The van der Waals surface area contributed by atoms with E-state index in [1.807, 2.05) is 0 Å². The van der Waals surface area contributed by atoms with Crippen LogP contribution in [0.4, 0.5) is 0 Å². The lowest BCUT2D eigenvalue weighted by atomic mass is 9.98. The first-order valence-corrected chi connectivity index (χ1v) is 10.8. The molecule has 152 valence electrons. The summed E-state index contributed by atoms with van der Waals surface area (Å²) < 4.78 is 0. The van der Waals surface area contributed by atoms with E-state index < -0.39 is 0 Å². The second kappa shape index (κ2) is 9.11. The van der Waals surface area contributed by atoms with Crippen molar-refractivity contribution < 1.29 is 0 Å². The average Bonchev–Trinajstić information content (AvgIpc) is 3.50. The van der Waals surface area contributed by atoms with Crippen molar-refractivity contribution in [3.05, 3.63) is 83.9 Å². The molecule has 0 unspecified atom stereocenters. The molecule has 2 saturated heterocycles. The molecule has 4 atom stereocenters. The van der Waals surface area contributed by atoms with Gasteiger partial charge in [0.25, 0.3) is 0 Å². The molecule has 2 aromatic rings. The zero-order valence-corrected chi connectivity index (χ0v) is 16.5. The Morgan fingerprint density at radius 1 is 0.552 bits per heavy atom. The van der Waals surface area contributed by atoms with Gasteiger partial charge in [-0.3, -0.25) is 0 Å². The van der Waals surface area contributed by atoms with Gasteiger partial charge in [-0.25, -0.2) is 0 Å². The molecule has 29 heavy (non-hydrogen) atoms. The molecule has 0 saturated carbocycles. The second-order valence-corrected chi connectivity index (χ2v) is 8.69. The van der Waals surface area contributed by atoms with Crippen LogP contribution in [0.5, 0.6) is 0 Å². The van der Waals surface area contributed by atoms with E-state index in [0.29, 0.717) is 0 Å². The van der Waals surface area contributed by atoms with E-state index in [1.54, 1.807) is 11.1 Å². The molecule has 2 aromatic carbocycles. The number of nitrogens with one attached hydrogen (secondary N) is 2. The van der Waals surface area contributed by atoms with Crippen molar-refractivity contribution in [1.82, 2.24) is 10.6 Å². The maximum absolute atomic E-state index is 3.45. The zero-order valence-electron chi connectivity index (χ0n) is 16.5. The van der Waals surface area contributed by atoms with Gasteiger partial charge in [0.05, 0.1) is 0 Å². The molecule has 2 nitrogen and oxygen atoms in total. The molecule has 0 amide bonds. The fraction of sp³-hybridized carbons (Fsp3) is 0.407. The van der Waals surface area contributed by atoms with Gasteiger partial charge in [0.15, 0.2) is 0 Å². The van der Waals surface area contributed by atoms with E-state index >= 15 is 0 Å². The van der Waals surface area contributed by atoms with Crippen LogP contribution in [-0.2, 0) is 0 Å². The highest BCUT2D eigenvalue weighted by atomic mass is 14.9. The lowest BCUT2D eigenvalue weighted by Crippen LogP contribution is -2.09. The molecular formula is C27H34N2. The zero-order chi connectivity index (χ0) is 18.8. The highest BCUT2D eigenvalue weighted by Crippen LogP contribution is 2.38. The van der Waals surface area contributed by atoms with Crippen LogP contribution in [0.3, 0.4) is 0 Å². The van der Waals surface area contributed by atoms with E-state index in [9.17, 15) is 0 Å². The quantitative estimate of drug-likeness (QED) is 0.736. The molecule has 2 N–H and O–H groups in total. The summed E-state index contributed by atoms with van der Waals surface area (Å²) in [7, 11) is 0. The summed E-state index contributed by atoms with van der Waals surface area (Å²) in [4.78, 5) is 0. The smallest absolute Gasteiger partial charge is 0.00178 e. The van der Waals surface area contributed by atoms with Crippen molar-refractivity contribution in [1.29, 1.82) is 0 Å². The van der Waals surface area contributed by atoms with Crippen LogP contribution in [0.1, 0.15) is 31.4 Å². The predicted octanol–water partition coefficient (Wildman–Crippen LogP) is 5.25. The second-order valence-electron chi connectivity index (χ2n) is 8.69. The van der Waals surface area contributed by atoms with Crippen molar-refractivity contribution in [2.24, 2.45) is 23.7 Å². The Morgan fingerprint density at radius 2 is 0.966 bits per heavy atom. The average molecular weight is 387 g/mol. The van der Waals surface area contributed by atoms with Gasteiger partial charge in [0, 0.05) is 13.1 Å². The lowest BCUT2D eigenvalue weighted by molar-refractivity contribution is 0.536. The minimum atomic E-state index is 0. The van der Waals surface area contributed by atoms with Crippen molar-refractivity contribution in [2.75, 3.05) is 26.2 Å². The molecule has 2 aliphatic carbocycles. The van der Waals surface area contributed by atoms with E-state index in [-0.39, 0.29) is 7.43 Å². The van der Waals surface area contributed by atoms with Gasteiger partial charge in [0.1, 0.15) is 0 Å². The van der Waals surface area contributed by atoms with Crippen molar-refractivity contribution in [2.45, 2.75) is 20.3 Å². The third kappa shape index (κ3) is 4.39. The van der Waals surface area contributed by atoms with Crippen LogP contribution < -0.4 is 10.6 Å². The van der Waals surface area contributed by atoms with Crippen molar-refractivity contribution in [3.63, 3.8) is 0 Å². The maximum Gasteiger partial charge on any atom is 0.00178 e. The Bertz CT molecular complexity index is 779. The molecule has 0 spiro atoms. The lowest BCUT2D eigenvalue weighted by Gasteiger charge is -2.06. The van der Waals surface area contributed by atoms with Gasteiger partial charge in [0.2, 0.25) is 0 Å². The van der Waals surface area contributed by atoms with E-state index in [0.717, 1.165) is 23.7 Å². The molecule has 0 radical (unpaired) electrons. The van der Waals surface area contributed by atoms with Crippen molar-refractivity contribution >= 4 is 11.1 Å². The highest BCUT2D eigenvalue weighted by molar-refractivity contribution is 5.69. The van der Waals surface area contributed by atoms with Gasteiger partial charge in [-0.15, -0.1) is 0 Å². The molecule has 4 aliphatic rings. The summed E-state index contributed by atoms with van der Waals surface area (Å²) in [6.07, 6.45) is 7.48. The highest BCUT2D eigenvalue weighted by Gasteiger charge is 2.32. The fourth-order valence-corrected chi connectivity index (χ4v) is 5.29. The summed E-state index contributed by atoms with van der Waals surface area (Å²) >= 11 is 0. The van der Waals surface area contributed by atoms with Crippen LogP contribution in [0.15, 0.2) is 72.8 Å². The summed E-state index contributed by atoms with van der Waals surface area (Å²) in [6, 6.07) is 21.6. The fourth-order valence-electron chi connectivity index (χ4n) is 5.29. The molecule has 0 bridgehead atoms. The van der Waals surface area contributed by atoms with E-state index in [1.165, 1.54) is 50.1 Å². The third-order valence-electron chi connectivity index (χ3n) is 6.87. The Balaban J connectivity index is 0.000000137.